The highest BCUT2D eigenvalue weighted by atomic mass is 16.4. The molecule has 0 aliphatic heterocycles. The SMILES string of the molecule is CN(CC1(N(C)C)CCC1)c1ncc(C(=O)O)cc1N. The predicted molar refractivity (Wildman–Crippen MR) is 79.1 cm³/mol. The van der Waals surface area contributed by atoms with Crippen LogP contribution in [0, 0.1) is 0 Å². The minimum atomic E-state index is -1.01. The summed E-state index contributed by atoms with van der Waals surface area (Å²) in [7, 11) is 6.14. The number of carbonyl (C=O) groups is 1. The number of hydrogen-bond donors (Lipinski definition) is 2. The van der Waals surface area contributed by atoms with E-state index < -0.39 is 5.97 Å². The molecule has 0 spiro atoms. The summed E-state index contributed by atoms with van der Waals surface area (Å²) < 4.78 is 0. The first-order chi connectivity index (χ1) is 9.35. The Balaban J connectivity index is 2.17. The Hall–Kier alpha value is -1.82. The first-order valence-electron chi connectivity index (χ1n) is 6.73. The summed E-state index contributed by atoms with van der Waals surface area (Å²) in [6.45, 7) is 0.837. The summed E-state index contributed by atoms with van der Waals surface area (Å²) in [6.07, 6.45) is 4.93. The van der Waals surface area contributed by atoms with Crippen LogP contribution in [-0.4, -0.2) is 54.2 Å². The van der Waals surface area contributed by atoms with Gasteiger partial charge in [-0.3, -0.25) is 0 Å². The number of nitrogens with zero attached hydrogens (tertiary/aromatic N) is 3. The highest BCUT2D eigenvalue weighted by Crippen LogP contribution is 2.37. The van der Waals surface area contributed by atoms with E-state index in [-0.39, 0.29) is 11.1 Å². The van der Waals surface area contributed by atoms with Crippen molar-refractivity contribution in [3.8, 4) is 0 Å². The van der Waals surface area contributed by atoms with Crippen LogP contribution in [0.5, 0.6) is 0 Å². The van der Waals surface area contributed by atoms with Crippen molar-refractivity contribution >= 4 is 17.5 Å². The van der Waals surface area contributed by atoms with Crippen molar-refractivity contribution in [2.24, 2.45) is 0 Å². The van der Waals surface area contributed by atoms with Gasteiger partial charge in [-0.1, -0.05) is 0 Å². The van der Waals surface area contributed by atoms with E-state index in [9.17, 15) is 4.79 Å². The van der Waals surface area contributed by atoms with Gasteiger partial charge >= 0.3 is 5.97 Å². The maximum atomic E-state index is 10.9. The molecule has 1 aromatic heterocycles. The molecule has 0 amide bonds. The van der Waals surface area contributed by atoms with Crippen molar-refractivity contribution in [3.63, 3.8) is 0 Å². The predicted octanol–water partition coefficient (Wildman–Crippen LogP) is 1.28. The number of aromatic nitrogens is 1. The van der Waals surface area contributed by atoms with E-state index in [1.54, 1.807) is 0 Å². The minimum Gasteiger partial charge on any atom is -0.478 e. The van der Waals surface area contributed by atoms with Gasteiger partial charge in [0.05, 0.1) is 11.3 Å². The average Bonchev–Trinajstić information content (AvgIpc) is 2.32. The largest absolute Gasteiger partial charge is 0.478 e. The van der Waals surface area contributed by atoms with Crippen LogP contribution in [0.25, 0.3) is 0 Å². The van der Waals surface area contributed by atoms with E-state index in [1.165, 1.54) is 18.7 Å². The van der Waals surface area contributed by atoms with Gasteiger partial charge in [-0.05, 0) is 39.4 Å². The van der Waals surface area contributed by atoms with Gasteiger partial charge in [0.25, 0.3) is 0 Å². The first kappa shape index (κ1) is 14.6. The molecule has 1 aromatic rings. The lowest BCUT2D eigenvalue weighted by Gasteiger charge is -2.49. The summed E-state index contributed by atoms with van der Waals surface area (Å²) in [6, 6.07) is 1.46. The summed E-state index contributed by atoms with van der Waals surface area (Å²) in [4.78, 5) is 19.4. The Kier molecular flexibility index (Phi) is 3.85. The molecule has 3 N–H and O–H groups in total. The lowest BCUT2D eigenvalue weighted by atomic mass is 9.75. The van der Waals surface area contributed by atoms with Crippen LogP contribution in [0.2, 0.25) is 0 Å². The highest BCUT2D eigenvalue weighted by molar-refractivity contribution is 5.89. The molecule has 6 nitrogen and oxygen atoms in total. The molecule has 110 valence electrons. The van der Waals surface area contributed by atoms with E-state index in [0.717, 1.165) is 19.4 Å². The van der Waals surface area contributed by atoms with Crippen molar-refractivity contribution < 1.29 is 9.90 Å². The molecule has 1 fully saturated rings. The van der Waals surface area contributed by atoms with Crippen LogP contribution in [0.15, 0.2) is 12.3 Å². The highest BCUT2D eigenvalue weighted by Gasteiger charge is 2.40. The standard InChI is InChI=1S/C14H22N4O2/c1-17(2)14(5-4-6-14)9-18(3)12-11(15)7-10(8-16-12)13(19)20/h7-8H,4-6,9,15H2,1-3H3,(H,19,20). The second kappa shape index (κ2) is 5.28. The molecular formula is C14H22N4O2. The third-order valence-electron chi connectivity index (χ3n) is 4.27. The van der Waals surface area contributed by atoms with Crippen LogP contribution >= 0.6 is 0 Å². The van der Waals surface area contributed by atoms with Gasteiger partial charge in [-0.25, -0.2) is 9.78 Å². The fraction of sp³-hybridized carbons (Fsp3) is 0.571. The molecule has 1 heterocycles. The molecule has 2 rings (SSSR count). The van der Waals surface area contributed by atoms with Crippen molar-refractivity contribution in [1.82, 2.24) is 9.88 Å². The molecule has 1 aliphatic carbocycles. The summed E-state index contributed by atoms with van der Waals surface area (Å²) in [5.41, 5.74) is 6.63. The maximum absolute atomic E-state index is 10.9. The molecule has 0 radical (unpaired) electrons. The van der Waals surface area contributed by atoms with Gasteiger partial charge in [-0.15, -0.1) is 0 Å². The van der Waals surface area contributed by atoms with Gasteiger partial charge in [0.2, 0.25) is 0 Å². The molecule has 20 heavy (non-hydrogen) atoms. The lowest BCUT2D eigenvalue weighted by Crippen LogP contribution is -2.57. The minimum absolute atomic E-state index is 0.116. The second-order valence-corrected chi connectivity index (χ2v) is 5.77. The van der Waals surface area contributed by atoms with E-state index >= 15 is 0 Å². The van der Waals surface area contributed by atoms with Crippen LogP contribution in [0.3, 0.4) is 0 Å². The molecular weight excluding hydrogens is 256 g/mol. The number of anilines is 2. The van der Waals surface area contributed by atoms with E-state index in [2.05, 4.69) is 24.0 Å². The van der Waals surface area contributed by atoms with Crippen LogP contribution in [0.4, 0.5) is 11.5 Å². The number of pyridine rings is 1. The number of carboxylic acid groups (broad SMARTS) is 1. The van der Waals surface area contributed by atoms with Crippen molar-refractivity contribution in [2.75, 3.05) is 38.3 Å². The molecule has 6 heteroatoms. The lowest BCUT2D eigenvalue weighted by molar-refractivity contribution is 0.0680. The summed E-state index contributed by atoms with van der Waals surface area (Å²) >= 11 is 0. The Labute approximate surface area is 119 Å². The zero-order valence-corrected chi connectivity index (χ0v) is 12.3. The van der Waals surface area contributed by atoms with Gasteiger partial charge in [0.15, 0.2) is 5.82 Å². The Morgan fingerprint density at radius 3 is 2.50 bits per heavy atom. The quantitative estimate of drug-likeness (QED) is 0.844. The molecule has 0 aromatic carbocycles. The molecule has 0 atom stereocenters. The van der Waals surface area contributed by atoms with Crippen molar-refractivity contribution in [1.29, 1.82) is 0 Å². The fourth-order valence-electron chi connectivity index (χ4n) is 2.76. The number of aromatic carboxylic acids is 1. The Morgan fingerprint density at radius 1 is 1.45 bits per heavy atom. The Morgan fingerprint density at radius 2 is 2.10 bits per heavy atom. The van der Waals surface area contributed by atoms with Gasteiger partial charge in [0.1, 0.15) is 0 Å². The number of rotatable bonds is 5. The number of hydrogen-bond acceptors (Lipinski definition) is 5. The molecule has 0 bridgehead atoms. The summed E-state index contributed by atoms with van der Waals surface area (Å²) in [5.74, 6) is -0.370. The van der Waals surface area contributed by atoms with Gasteiger partial charge in [0, 0.05) is 25.3 Å². The first-order valence-corrected chi connectivity index (χ1v) is 6.73. The molecule has 0 saturated heterocycles. The van der Waals surface area contributed by atoms with Crippen molar-refractivity contribution in [2.45, 2.75) is 24.8 Å². The maximum Gasteiger partial charge on any atom is 0.337 e. The third-order valence-corrected chi connectivity index (χ3v) is 4.27. The van der Waals surface area contributed by atoms with Crippen LogP contribution in [0.1, 0.15) is 29.6 Å². The van der Waals surface area contributed by atoms with E-state index in [4.69, 9.17) is 10.8 Å². The zero-order valence-electron chi connectivity index (χ0n) is 12.3. The Bertz CT molecular complexity index is 512. The van der Waals surface area contributed by atoms with Gasteiger partial charge in [-0.2, -0.15) is 0 Å². The van der Waals surface area contributed by atoms with E-state index in [1.807, 2.05) is 11.9 Å². The topological polar surface area (TPSA) is 82.7 Å². The molecule has 0 unspecified atom stereocenters. The van der Waals surface area contributed by atoms with Crippen molar-refractivity contribution in [3.05, 3.63) is 17.8 Å². The summed E-state index contributed by atoms with van der Waals surface area (Å²) in [5, 5.41) is 8.93. The number of nitrogen functional groups attached to an aromatic ring is 1. The molecule has 1 saturated carbocycles. The smallest absolute Gasteiger partial charge is 0.337 e. The molecule has 1 aliphatic rings. The van der Waals surface area contributed by atoms with E-state index in [0.29, 0.717) is 11.5 Å². The van der Waals surface area contributed by atoms with Gasteiger partial charge < -0.3 is 20.6 Å². The fourth-order valence-corrected chi connectivity index (χ4v) is 2.76. The van der Waals surface area contributed by atoms with Crippen LogP contribution < -0.4 is 10.6 Å². The number of likely N-dealkylation sites (N-methyl/N-ethyl adjacent to an activating group) is 2. The number of carboxylic acids is 1. The zero-order chi connectivity index (χ0) is 14.9. The average molecular weight is 278 g/mol. The second-order valence-electron chi connectivity index (χ2n) is 5.77. The number of nitrogens with two attached hydrogens (primary N) is 1. The third kappa shape index (κ3) is 2.56. The normalized spacial score (nSPS) is 16.8. The van der Waals surface area contributed by atoms with Crippen LogP contribution in [-0.2, 0) is 0 Å². The monoisotopic (exact) mass is 278 g/mol.